The molecule has 0 radical (unpaired) electrons. The van der Waals surface area contributed by atoms with Crippen molar-refractivity contribution in [2.75, 3.05) is 0 Å². The van der Waals surface area contributed by atoms with Crippen molar-refractivity contribution in [2.24, 2.45) is 0 Å². The van der Waals surface area contributed by atoms with Gasteiger partial charge in [-0.1, -0.05) is 127 Å². The lowest BCUT2D eigenvalue weighted by Gasteiger charge is -2.07. The molecule has 16 rings (SSSR count). The maximum absolute atomic E-state index is 6.72. The van der Waals surface area contributed by atoms with Crippen LogP contribution in [-0.2, 0) is 0 Å². The molecule has 0 atom stereocenters. The zero-order valence-corrected chi connectivity index (χ0v) is 38.5. The van der Waals surface area contributed by atoms with Crippen LogP contribution in [0, 0.1) is 0 Å². The molecule has 72 heavy (non-hydrogen) atoms. The number of para-hydroxylation sites is 4. The first-order valence-electron chi connectivity index (χ1n) is 24.3. The number of fused-ring (bicyclic) bond motifs is 20. The van der Waals surface area contributed by atoms with Gasteiger partial charge >= 0.3 is 0 Å². The average Bonchev–Trinajstić information content (AvgIpc) is 4.28. The van der Waals surface area contributed by atoms with E-state index in [0.29, 0.717) is 0 Å². The fourth-order valence-corrected chi connectivity index (χ4v) is 11.6. The summed E-state index contributed by atoms with van der Waals surface area (Å²) >= 11 is 0. The number of nitrogens with zero attached hydrogens (tertiary/aromatic N) is 2. The lowest BCUT2D eigenvalue weighted by molar-refractivity contribution is 0.590. The third-order valence-electron chi connectivity index (χ3n) is 14.8. The summed E-state index contributed by atoms with van der Waals surface area (Å²) in [7, 11) is 0. The molecule has 9 aromatic carbocycles. The Bertz CT molecular complexity index is 4880. The second kappa shape index (κ2) is 14.9. The SMILES string of the molecule is C1=C\C(c2ccc3oc4c(ccc5c6cc(-n7c8ccccc8c8ccccc87)ccc6oc54)c3c2)=C/C=C/C=C/c2c(oc3c2ccc2c4cc(-n5c6ccccc6c6ccccc65)ccc4oc23)\C=C/1. The number of hydrogen-bond donors (Lipinski definition) is 0. The first-order chi connectivity index (χ1) is 35.7. The molecule has 6 heteroatoms. The van der Waals surface area contributed by atoms with E-state index in [9.17, 15) is 0 Å². The van der Waals surface area contributed by atoms with Gasteiger partial charge < -0.3 is 26.8 Å². The van der Waals surface area contributed by atoms with E-state index in [1.54, 1.807) is 0 Å². The van der Waals surface area contributed by atoms with Gasteiger partial charge in [-0.2, -0.15) is 0 Å². The Hall–Kier alpha value is -9.78. The molecule has 0 spiro atoms. The van der Waals surface area contributed by atoms with E-state index >= 15 is 0 Å². The maximum atomic E-state index is 6.72. The van der Waals surface area contributed by atoms with E-state index in [4.69, 9.17) is 17.7 Å². The third-order valence-corrected chi connectivity index (χ3v) is 14.8. The van der Waals surface area contributed by atoms with Crippen LogP contribution in [0.5, 0.6) is 0 Å². The minimum atomic E-state index is 0.729. The van der Waals surface area contributed by atoms with Gasteiger partial charge in [-0.05, 0) is 114 Å². The van der Waals surface area contributed by atoms with E-state index in [1.807, 2.05) is 12.2 Å². The van der Waals surface area contributed by atoms with Gasteiger partial charge in [0.1, 0.15) is 22.5 Å². The summed E-state index contributed by atoms with van der Waals surface area (Å²) in [6, 6.07) is 62.4. The van der Waals surface area contributed by atoms with Gasteiger partial charge in [0.15, 0.2) is 22.3 Å². The van der Waals surface area contributed by atoms with Crippen molar-refractivity contribution in [3.63, 3.8) is 0 Å². The molecular weight excluding hydrogens is 885 g/mol. The average molecular weight is 923 g/mol. The Morgan fingerprint density at radius 3 is 1.25 bits per heavy atom. The largest absolute Gasteiger partial charge is 0.452 e. The van der Waals surface area contributed by atoms with Crippen molar-refractivity contribution in [1.82, 2.24) is 9.13 Å². The smallest absolute Gasteiger partial charge is 0.178 e. The van der Waals surface area contributed by atoms with Crippen LogP contribution in [0.1, 0.15) is 16.9 Å². The first kappa shape index (κ1) is 39.1. The van der Waals surface area contributed by atoms with Crippen molar-refractivity contribution >= 4 is 138 Å². The Morgan fingerprint density at radius 2 is 0.722 bits per heavy atom. The van der Waals surface area contributed by atoms with Crippen LogP contribution in [0.4, 0.5) is 0 Å². The molecule has 0 saturated heterocycles. The second-order valence-electron chi connectivity index (χ2n) is 18.7. The standard InChI is InChI=1S/C66H38N2O4/c1-2-14-39(40-26-33-60-52(36-40)49-31-32-51-54-38-42(28-35-62(54)72-66(51)64(49)70-60)68-57-23-11-7-18-45(57)46-19-8-12-24-58(46)68)15-4-13-25-59-47(20-3-1)48-29-30-50-53-37-41(27-34-61(53)71-65(50)63(48)69-59)67-55-21-9-5-16-43(55)44-17-6-10-22-56(44)67/h1-38H/b2-1+,3-1?,13-4?,14-2?,15-4-,20-3+,25-13-,39-14+,39-15?,47-20?,59-25?. The van der Waals surface area contributed by atoms with Crippen LogP contribution in [-0.4, -0.2) is 9.13 Å². The molecule has 6 nitrogen and oxygen atoms in total. The van der Waals surface area contributed by atoms with Crippen molar-refractivity contribution in [3.05, 3.63) is 235 Å². The summed E-state index contributed by atoms with van der Waals surface area (Å²) < 4.78 is 31.3. The van der Waals surface area contributed by atoms with Gasteiger partial charge in [0.2, 0.25) is 0 Å². The zero-order valence-electron chi connectivity index (χ0n) is 38.5. The van der Waals surface area contributed by atoms with Gasteiger partial charge in [0.05, 0.1) is 22.1 Å². The predicted octanol–water partition coefficient (Wildman–Crippen LogP) is 18.6. The molecule has 1 aliphatic carbocycles. The summed E-state index contributed by atoms with van der Waals surface area (Å²) in [6.45, 7) is 0. The van der Waals surface area contributed by atoms with Gasteiger partial charge in [-0.3, -0.25) is 0 Å². The number of hydrogen-bond acceptors (Lipinski definition) is 4. The van der Waals surface area contributed by atoms with Gasteiger partial charge in [-0.25, -0.2) is 0 Å². The van der Waals surface area contributed by atoms with E-state index in [0.717, 1.165) is 111 Å². The Labute approximate surface area is 409 Å². The molecule has 0 aliphatic heterocycles. The first-order valence-corrected chi connectivity index (χ1v) is 24.3. The van der Waals surface area contributed by atoms with Crippen LogP contribution in [0.2, 0.25) is 0 Å². The molecule has 6 heterocycles. The molecule has 0 saturated carbocycles. The molecule has 0 amide bonds. The summed E-state index contributed by atoms with van der Waals surface area (Å²) in [5.74, 6) is 0.760. The monoisotopic (exact) mass is 922 g/mol. The highest BCUT2D eigenvalue weighted by molar-refractivity contribution is 6.20. The minimum Gasteiger partial charge on any atom is -0.452 e. The van der Waals surface area contributed by atoms with Gasteiger partial charge in [-0.15, -0.1) is 0 Å². The predicted molar refractivity (Wildman–Crippen MR) is 297 cm³/mol. The summed E-state index contributed by atoms with van der Waals surface area (Å²) in [5, 5.41) is 12.1. The number of rotatable bonds is 3. The number of benzene rings is 9. The van der Waals surface area contributed by atoms with Crippen LogP contribution in [0.3, 0.4) is 0 Å². The Balaban J connectivity index is 0.739. The molecular formula is C66H38N2O4. The molecule has 0 N–H and O–H groups in total. The molecule has 0 unspecified atom stereocenters. The van der Waals surface area contributed by atoms with E-state index in [-0.39, 0.29) is 0 Å². The number of allylic oxidation sites excluding steroid dienone is 8. The van der Waals surface area contributed by atoms with E-state index in [1.165, 1.54) is 43.6 Å². The quantitative estimate of drug-likeness (QED) is 0.177. The Kier molecular flexibility index (Phi) is 8.07. The van der Waals surface area contributed by atoms with Crippen molar-refractivity contribution < 1.29 is 17.7 Å². The molecule has 336 valence electrons. The van der Waals surface area contributed by atoms with E-state index in [2.05, 4.69) is 228 Å². The van der Waals surface area contributed by atoms with Crippen LogP contribution in [0.25, 0.3) is 149 Å². The van der Waals surface area contributed by atoms with Crippen molar-refractivity contribution in [2.45, 2.75) is 0 Å². The highest BCUT2D eigenvalue weighted by Gasteiger charge is 2.21. The molecule has 0 bridgehead atoms. The van der Waals surface area contributed by atoms with Crippen LogP contribution < -0.4 is 0 Å². The van der Waals surface area contributed by atoms with Crippen molar-refractivity contribution in [3.8, 4) is 11.4 Å². The lowest BCUT2D eigenvalue weighted by atomic mass is 10.0. The number of aromatic nitrogens is 2. The molecule has 1 aliphatic rings. The van der Waals surface area contributed by atoms with Gasteiger partial charge in [0.25, 0.3) is 0 Å². The minimum absolute atomic E-state index is 0.729. The fraction of sp³-hybridized carbons (Fsp3) is 0. The summed E-state index contributed by atoms with van der Waals surface area (Å²) in [6.07, 6.45) is 18.8. The topological polar surface area (TPSA) is 62.4 Å². The zero-order chi connectivity index (χ0) is 47.0. The summed E-state index contributed by atoms with van der Waals surface area (Å²) in [5.41, 5.74) is 15.4. The number of furan rings is 4. The highest BCUT2D eigenvalue weighted by atomic mass is 16.4. The summed E-state index contributed by atoms with van der Waals surface area (Å²) in [4.78, 5) is 0. The highest BCUT2D eigenvalue weighted by Crippen LogP contribution is 2.43. The van der Waals surface area contributed by atoms with Crippen molar-refractivity contribution in [1.29, 1.82) is 0 Å². The van der Waals surface area contributed by atoms with Crippen LogP contribution in [0.15, 0.2) is 236 Å². The lowest BCUT2D eigenvalue weighted by Crippen LogP contribution is -1.93. The maximum Gasteiger partial charge on any atom is 0.178 e. The fourth-order valence-electron chi connectivity index (χ4n) is 11.6. The molecule has 6 aromatic heterocycles. The molecule has 0 fully saturated rings. The Morgan fingerprint density at radius 1 is 0.292 bits per heavy atom. The van der Waals surface area contributed by atoms with E-state index < -0.39 is 0 Å². The second-order valence-corrected chi connectivity index (χ2v) is 18.7. The van der Waals surface area contributed by atoms with Crippen LogP contribution >= 0.6 is 0 Å². The normalized spacial score (nSPS) is 15.9. The third kappa shape index (κ3) is 5.60. The molecule has 15 aromatic rings. The van der Waals surface area contributed by atoms with Gasteiger partial charge in [0, 0.05) is 76.2 Å².